The van der Waals surface area contributed by atoms with Gasteiger partial charge in [-0.1, -0.05) is 6.42 Å². The first-order chi connectivity index (χ1) is 8.83. The summed E-state index contributed by atoms with van der Waals surface area (Å²) in [4.78, 5) is 0. The molecule has 5 atom stereocenters. The van der Waals surface area contributed by atoms with Crippen LogP contribution in [0.1, 0.15) is 37.9 Å². The average Bonchev–Trinajstić information content (AvgIpc) is 3.08. The van der Waals surface area contributed by atoms with Gasteiger partial charge in [0.15, 0.2) is 0 Å². The highest BCUT2D eigenvalue weighted by atomic mass is 79.9. The fraction of sp³-hybridized carbons (Fsp3) is 0.733. The summed E-state index contributed by atoms with van der Waals surface area (Å²) in [6.45, 7) is 0.874. The second kappa shape index (κ2) is 4.38. The van der Waals surface area contributed by atoms with Crippen molar-refractivity contribution in [2.24, 2.45) is 23.7 Å². The topological polar surface area (TPSA) is 25.2 Å². The standard InChI is InChI=1S/C15H20BrNO/c16-13-4-5-18-15(13)8-17-14-7-9-6-12(14)11-3-1-2-10(9)11/h4-5,9-12,14,17H,1-3,6-8H2. The predicted molar refractivity (Wildman–Crippen MR) is 74.1 cm³/mol. The van der Waals surface area contributed by atoms with Crippen LogP contribution in [-0.4, -0.2) is 6.04 Å². The Hall–Kier alpha value is -0.280. The van der Waals surface area contributed by atoms with E-state index in [1.54, 1.807) is 6.26 Å². The van der Waals surface area contributed by atoms with E-state index in [9.17, 15) is 0 Å². The SMILES string of the molecule is Brc1ccoc1CNC1CC2CC1C1CCCC21. The Labute approximate surface area is 117 Å². The molecule has 4 rings (SSSR count). The van der Waals surface area contributed by atoms with E-state index in [1.807, 2.05) is 6.07 Å². The molecule has 1 aromatic rings. The molecule has 0 saturated heterocycles. The van der Waals surface area contributed by atoms with Crippen molar-refractivity contribution in [3.63, 3.8) is 0 Å². The lowest BCUT2D eigenvalue weighted by molar-refractivity contribution is 0.205. The maximum absolute atomic E-state index is 5.48. The van der Waals surface area contributed by atoms with Gasteiger partial charge in [-0.3, -0.25) is 0 Å². The average molecular weight is 310 g/mol. The van der Waals surface area contributed by atoms with E-state index in [-0.39, 0.29) is 0 Å². The molecule has 18 heavy (non-hydrogen) atoms. The minimum absolute atomic E-state index is 0.742. The molecule has 0 aliphatic heterocycles. The zero-order chi connectivity index (χ0) is 12.1. The van der Waals surface area contributed by atoms with Gasteiger partial charge in [0.25, 0.3) is 0 Å². The van der Waals surface area contributed by atoms with Crippen LogP contribution in [0.25, 0.3) is 0 Å². The Morgan fingerprint density at radius 1 is 1.22 bits per heavy atom. The van der Waals surface area contributed by atoms with E-state index in [0.29, 0.717) is 0 Å². The van der Waals surface area contributed by atoms with Crippen LogP contribution >= 0.6 is 15.9 Å². The molecule has 2 nitrogen and oxygen atoms in total. The Morgan fingerprint density at radius 2 is 2.11 bits per heavy atom. The molecule has 98 valence electrons. The van der Waals surface area contributed by atoms with Crippen molar-refractivity contribution < 1.29 is 4.42 Å². The quantitative estimate of drug-likeness (QED) is 0.914. The number of fused-ring (bicyclic) bond motifs is 5. The lowest BCUT2D eigenvalue weighted by atomic mass is 9.79. The second-order valence-corrected chi connectivity index (χ2v) is 7.19. The molecule has 3 heteroatoms. The molecule has 3 fully saturated rings. The summed E-state index contributed by atoms with van der Waals surface area (Å²) in [5.74, 6) is 5.15. The summed E-state index contributed by atoms with van der Waals surface area (Å²) in [6.07, 6.45) is 9.15. The fourth-order valence-corrected chi connectivity index (χ4v) is 5.32. The normalized spacial score (nSPS) is 41.5. The molecular formula is C15H20BrNO. The maximum atomic E-state index is 5.48. The van der Waals surface area contributed by atoms with Crippen LogP contribution in [0.15, 0.2) is 21.2 Å². The van der Waals surface area contributed by atoms with Crippen LogP contribution in [0, 0.1) is 23.7 Å². The molecule has 1 aromatic heterocycles. The molecule has 2 bridgehead atoms. The minimum atomic E-state index is 0.742. The zero-order valence-corrected chi connectivity index (χ0v) is 12.2. The highest BCUT2D eigenvalue weighted by molar-refractivity contribution is 9.10. The first kappa shape index (κ1) is 11.5. The van der Waals surface area contributed by atoms with Crippen molar-refractivity contribution in [1.82, 2.24) is 5.32 Å². The lowest BCUT2D eigenvalue weighted by Gasteiger charge is -2.32. The number of halogens is 1. The van der Waals surface area contributed by atoms with Crippen LogP contribution in [-0.2, 0) is 6.54 Å². The van der Waals surface area contributed by atoms with Gasteiger partial charge in [-0.05, 0) is 71.4 Å². The first-order valence-electron chi connectivity index (χ1n) is 7.28. The van der Waals surface area contributed by atoms with Gasteiger partial charge in [0.2, 0.25) is 0 Å². The Morgan fingerprint density at radius 3 is 2.94 bits per heavy atom. The largest absolute Gasteiger partial charge is 0.467 e. The monoisotopic (exact) mass is 309 g/mol. The van der Waals surface area contributed by atoms with Gasteiger partial charge < -0.3 is 9.73 Å². The van der Waals surface area contributed by atoms with E-state index in [1.165, 1.54) is 32.1 Å². The molecular weight excluding hydrogens is 290 g/mol. The van der Waals surface area contributed by atoms with Crippen molar-refractivity contribution in [3.05, 3.63) is 22.6 Å². The smallest absolute Gasteiger partial charge is 0.131 e. The Bertz CT molecular complexity index is 443. The van der Waals surface area contributed by atoms with Crippen molar-refractivity contribution in [3.8, 4) is 0 Å². The first-order valence-corrected chi connectivity index (χ1v) is 8.07. The predicted octanol–water partition coefficient (Wildman–Crippen LogP) is 3.96. The number of hydrogen-bond donors (Lipinski definition) is 1. The van der Waals surface area contributed by atoms with E-state index in [0.717, 1.165) is 46.5 Å². The molecule has 0 radical (unpaired) electrons. The summed E-state index contributed by atoms with van der Waals surface area (Å²) < 4.78 is 6.58. The summed E-state index contributed by atoms with van der Waals surface area (Å²) in [6, 6.07) is 2.72. The van der Waals surface area contributed by atoms with E-state index >= 15 is 0 Å². The van der Waals surface area contributed by atoms with Gasteiger partial charge >= 0.3 is 0 Å². The van der Waals surface area contributed by atoms with Gasteiger partial charge in [0.1, 0.15) is 5.76 Å². The lowest BCUT2D eigenvalue weighted by Crippen LogP contribution is -2.38. The van der Waals surface area contributed by atoms with Crippen LogP contribution in [0.5, 0.6) is 0 Å². The Balaban J connectivity index is 1.41. The number of rotatable bonds is 3. The van der Waals surface area contributed by atoms with Crippen molar-refractivity contribution >= 4 is 15.9 Å². The van der Waals surface area contributed by atoms with Gasteiger partial charge in [-0.25, -0.2) is 0 Å². The molecule has 0 amide bonds. The molecule has 1 N–H and O–H groups in total. The number of nitrogens with one attached hydrogen (secondary N) is 1. The third-order valence-electron chi connectivity index (χ3n) is 5.64. The van der Waals surface area contributed by atoms with E-state index in [2.05, 4.69) is 21.2 Å². The van der Waals surface area contributed by atoms with Gasteiger partial charge in [0, 0.05) is 6.04 Å². The number of hydrogen-bond acceptors (Lipinski definition) is 2. The van der Waals surface area contributed by atoms with Crippen LogP contribution < -0.4 is 5.32 Å². The molecule has 3 aliphatic carbocycles. The highest BCUT2D eigenvalue weighted by Crippen LogP contribution is 2.58. The molecule has 3 saturated carbocycles. The molecule has 1 heterocycles. The van der Waals surface area contributed by atoms with Crippen molar-refractivity contribution in [2.45, 2.75) is 44.7 Å². The van der Waals surface area contributed by atoms with E-state index in [4.69, 9.17) is 4.42 Å². The Kier molecular flexibility index (Phi) is 2.81. The van der Waals surface area contributed by atoms with Gasteiger partial charge in [0.05, 0.1) is 17.3 Å². The summed E-state index contributed by atoms with van der Waals surface area (Å²) in [5, 5.41) is 3.75. The van der Waals surface area contributed by atoms with Crippen LogP contribution in [0.2, 0.25) is 0 Å². The van der Waals surface area contributed by atoms with Crippen LogP contribution in [0.3, 0.4) is 0 Å². The van der Waals surface area contributed by atoms with Gasteiger partial charge in [-0.15, -0.1) is 0 Å². The van der Waals surface area contributed by atoms with Crippen molar-refractivity contribution in [2.75, 3.05) is 0 Å². The zero-order valence-electron chi connectivity index (χ0n) is 10.6. The summed E-state index contributed by atoms with van der Waals surface area (Å²) in [7, 11) is 0. The van der Waals surface area contributed by atoms with Crippen LogP contribution in [0.4, 0.5) is 0 Å². The number of furan rings is 1. The second-order valence-electron chi connectivity index (χ2n) is 6.33. The molecule has 3 aliphatic rings. The molecule has 0 aromatic carbocycles. The third kappa shape index (κ3) is 1.70. The minimum Gasteiger partial charge on any atom is -0.467 e. The molecule has 5 unspecified atom stereocenters. The fourth-order valence-electron chi connectivity index (χ4n) is 4.98. The summed E-state index contributed by atoms with van der Waals surface area (Å²) in [5.41, 5.74) is 0. The third-order valence-corrected chi connectivity index (χ3v) is 6.35. The van der Waals surface area contributed by atoms with E-state index < -0.39 is 0 Å². The van der Waals surface area contributed by atoms with Crippen molar-refractivity contribution in [1.29, 1.82) is 0 Å². The molecule has 0 spiro atoms. The van der Waals surface area contributed by atoms with Gasteiger partial charge in [-0.2, -0.15) is 0 Å². The summed E-state index contributed by atoms with van der Waals surface area (Å²) >= 11 is 3.53. The highest BCUT2D eigenvalue weighted by Gasteiger charge is 2.53. The maximum Gasteiger partial charge on any atom is 0.131 e.